The van der Waals surface area contributed by atoms with Gasteiger partial charge in [0.2, 0.25) is 0 Å². The van der Waals surface area contributed by atoms with Gasteiger partial charge in [-0.15, -0.1) is 0 Å². The fourth-order valence-electron chi connectivity index (χ4n) is 1.23. The smallest absolute Gasteiger partial charge is 0.137 e. The third-order valence-electron chi connectivity index (χ3n) is 2.25. The average molecular weight is 245 g/mol. The van der Waals surface area contributed by atoms with Crippen LogP contribution in [0.5, 0.6) is 5.75 Å². The van der Waals surface area contributed by atoms with E-state index >= 15 is 0 Å². The van der Waals surface area contributed by atoms with Crippen LogP contribution in [0.1, 0.15) is 19.3 Å². The highest BCUT2D eigenvalue weighted by atomic mass is 79.9. The lowest BCUT2D eigenvalue weighted by molar-refractivity contribution is 0.120. The first kappa shape index (κ1) is 9.00. The molecule has 1 fully saturated rings. The van der Waals surface area contributed by atoms with E-state index in [0.29, 0.717) is 10.6 Å². The Kier molecular flexibility index (Phi) is 2.54. The molecule has 0 aromatic heterocycles. The minimum Gasteiger partial charge on any atom is -0.490 e. The van der Waals surface area contributed by atoms with Crippen molar-refractivity contribution in [3.63, 3.8) is 0 Å². The van der Waals surface area contributed by atoms with Crippen molar-refractivity contribution in [3.05, 3.63) is 28.5 Å². The summed E-state index contributed by atoms with van der Waals surface area (Å²) in [6.07, 6.45) is 3.83. The van der Waals surface area contributed by atoms with Gasteiger partial charge in [0.05, 0.1) is 10.6 Å². The summed E-state index contributed by atoms with van der Waals surface area (Å²) >= 11 is 3.12. The molecule has 0 bridgehead atoms. The van der Waals surface area contributed by atoms with Gasteiger partial charge in [0.25, 0.3) is 0 Å². The molecule has 0 atom stereocenters. The number of hydrogen-bond acceptors (Lipinski definition) is 1. The predicted molar refractivity (Wildman–Crippen MR) is 52.4 cm³/mol. The van der Waals surface area contributed by atoms with E-state index in [1.807, 2.05) is 0 Å². The van der Waals surface area contributed by atoms with E-state index in [1.54, 1.807) is 12.1 Å². The minimum absolute atomic E-state index is 0.249. The van der Waals surface area contributed by atoms with E-state index in [4.69, 9.17) is 4.74 Å². The van der Waals surface area contributed by atoms with E-state index in [-0.39, 0.29) is 5.82 Å². The largest absolute Gasteiger partial charge is 0.490 e. The first-order valence-corrected chi connectivity index (χ1v) is 5.17. The molecule has 1 aromatic carbocycles. The summed E-state index contributed by atoms with van der Waals surface area (Å²) in [4.78, 5) is 0. The molecule has 0 heterocycles. The van der Waals surface area contributed by atoms with Gasteiger partial charge in [0, 0.05) is 0 Å². The van der Waals surface area contributed by atoms with Crippen molar-refractivity contribution < 1.29 is 9.13 Å². The molecule has 70 valence electrons. The van der Waals surface area contributed by atoms with Crippen molar-refractivity contribution >= 4 is 15.9 Å². The van der Waals surface area contributed by atoms with Gasteiger partial charge in [-0.3, -0.25) is 0 Å². The molecule has 1 aromatic rings. The van der Waals surface area contributed by atoms with Crippen LogP contribution in [0.25, 0.3) is 0 Å². The van der Waals surface area contributed by atoms with Crippen molar-refractivity contribution in [1.82, 2.24) is 0 Å². The van der Waals surface area contributed by atoms with Crippen LogP contribution in [-0.4, -0.2) is 6.10 Å². The molecular formula is C10H10BrFO. The topological polar surface area (TPSA) is 9.23 Å². The van der Waals surface area contributed by atoms with Gasteiger partial charge in [0.15, 0.2) is 0 Å². The zero-order chi connectivity index (χ0) is 9.26. The fraction of sp³-hybridized carbons (Fsp3) is 0.400. The summed E-state index contributed by atoms with van der Waals surface area (Å²) in [7, 11) is 0. The standard InChI is InChI=1S/C10H10BrFO/c11-9-6-8(4-5-10(9)12)13-7-2-1-3-7/h4-7H,1-3H2. The zero-order valence-corrected chi connectivity index (χ0v) is 8.68. The molecule has 0 aliphatic heterocycles. The molecular weight excluding hydrogens is 235 g/mol. The normalized spacial score (nSPS) is 16.8. The molecule has 0 N–H and O–H groups in total. The lowest BCUT2D eigenvalue weighted by Gasteiger charge is -2.26. The number of ether oxygens (including phenoxy) is 1. The average Bonchev–Trinajstić information content (AvgIpc) is 2.04. The lowest BCUT2D eigenvalue weighted by Crippen LogP contribution is -2.24. The van der Waals surface area contributed by atoms with E-state index in [0.717, 1.165) is 18.6 Å². The maximum atomic E-state index is 12.8. The third-order valence-corrected chi connectivity index (χ3v) is 2.85. The Hall–Kier alpha value is -0.570. The van der Waals surface area contributed by atoms with Gasteiger partial charge in [-0.25, -0.2) is 4.39 Å². The number of benzene rings is 1. The SMILES string of the molecule is Fc1ccc(OC2CCC2)cc1Br. The van der Waals surface area contributed by atoms with Crippen molar-refractivity contribution in [1.29, 1.82) is 0 Å². The van der Waals surface area contributed by atoms with Gasteiger partial charge in [-0.05, 0) is 53.4 Å². The number of hydrogen-bond donors (Lipinski definition) is 0. The Bertz CT molecular complexity index is 310. The van der Waals surface area contributed by atoms with Crippen molar-refractivity contribution in [2.24, 2.45) is 0 Å². The van der Waals surface area contributed by atoms with Crippen molar-refractivity contribution in [2.45, 2.75) is 25.4 Å². The molecule has 1 aliphatic carbocycles. The van der Waals surface area contributed by atoms with Crippen LogP contribution in [0.3, 0.4) is 0 Å². The molecule has 0 amide bonds. The van der Waals surface area contributed by atoms with Crippen LogP contribution in [0.2, 0.25) is 0 Å². The maximum absolute atomic E-state index is 12.8. The molecule has 0 saturated heterocycles. The van der Waals surface area contributed by atoms with Crippen LogP contribution in [-0.2, 0) is 0 Å². The second kappa shape index (κ2) is 3.66. The van der Waals surface area contributed by atoms with E-state index < -0.39 is 0 Å². The van der Waals surface area contributed by atoms with E-state index in [9.17, 15) is 4.39 Å². The summed E-state index contributed by atoms with van der Waals surface area (Å²) in [6, 6.07) is 4.75. The quantitative estimate of drug-likeness (QED) is 0.774. The van der Waals surface area contributed by atoms with Gasteiger partial charge in [0.1, 0.15) is 11.6 Å². The lowest BCUT2D eigenvalue weighted by atomic mass is 9.96. The molecule has 1 nitrogen and oxygen atoms in total. The monoisotopic (exact) mass is 244 g/mol. The highest BCUT2D eigenvalue weighted by molar-refractivity contribution is 9.10. The van der Waals surface area contributed by atoms with Gasteiger partial charge in [-0.1, -0.05) is 0 Å². The Labute approximate surface area is 85.0 Å². The molecule has 1 saturated carbocycles. The summed E-state index contributed by atoms with van der Waals surface area (Å²) in [6.45, 7) is 0. The highest BCUT2D eigenvalue weighted by Gasteiger charge is 2.19. The Morgan fingerprint density at radius 1 is 1.38 bits per heavy atom. The number of rotatable bonds is 2. The van der Waals surface area contributed by atoms with Crippen LogP contribution in [0.15, 0.2) is 22.7 Å². The Balaban J connectivity index is 2.07. The van der Waals surface area contributed by atoms with Gasteiger partial charge >= 0.3 is 0 Å². The first-order valence-electron chi connectivity index (χ1n) is 4.37. The first-order chi connectivity index (χ1) is 6.25. The van der Waals surface area contributed by atoms with Gasteiger partial charge in [-0.2, -0.15) is 0 Å². The fourth-order valence-corrected chi connectivity index (χ4v) is 1.59. The van der Waals surface area contributed by atoms with Crippen LogP contribution in [0.4, 0.5) is 4.39 Å². The van der Waals surface area contributed by atoms with Gasteiger partial charge < -0.3 is 4.74 Å². The second-order valence-electron chi connectivity index (χ2n) is 3.25. The molecule has 2 rings (SSSR count). The maximum Gasteiger partial charge on any atom is 0.137 e. The summed E-state index contributed by atoms with van der Waals surface area (Å²) in [5.41, 5.74) is 0. The second-order valence-corrected chi connectivity index (χ2v) is 4.10. The highest BCUT2D eigenvalue weighted by Crippen LogP contribution is 2.27. The van der Waals surface area contributed by atoms with Crippen LogP contribution < -0.4 is 4.74 Å². The molecule has 0 radical (unpaired) electrons. The van der Waals surface area contributed by atoms with Crippen LogP contribution in [0, 0.1) is 5.82 Å². The van der Waals surface area contributed by atoms with E-state index in [1.165, 1.54) is 12.5 Å². The minimum atomic E-state index is -0.249. The Morgan fingerprint density at radius 3 is 2.69 bits per heavy atom. The van der Waals surface area contributed by atoms with E-state index in [2.05, 4.69) is 15.9 Å². The molecule has 1 aliphatic rings. The van der Waals surface area contributed by atoms with Crippen molar-refractivity contribution in [2.75, 3.05) is 0 Å². The summed E-state index contributed by atoms with van der Waals surface area (Å²) in [5, 5.41) is 0. The molecule has 0 spiro atoms. The third kappa shape index (κ3) is 2.02. The molecule has 13 heavy (non-hydrogen) atoms. The zero-order valence-electron chi connectivity index (χ0n) is 7.09. The number of halogens is 2. The predicted octanol–water partition coefficient (Wildman–Crippen LogP) is 3.52. The summed E-state index contributed by atoms with van der Waals surface area (Å²) in [5.74, 6) is 0.499. The Morgan fingerprint density at radius 2 is 2.15 bits per heavy atom. The van der Waals surface area contributed by atoms with Crippen LogP contribution >= 0.6 is 15.9 Å². The molecule has 0 unspecified atom stereocenters. The summed E-state index contributed by atoms with van der Waals surface area (Å²) < 4.78 is 18.9. The van der Waals surface area contributed by atoms with Crippen molar-refractivity contribution in [3.8, 4) is 5.75 Å². The molecule has 3 heteroatoms.